The first-order valence-electron chi connectivity index (χ1n) is 10.0. The highest BCUT2D eigenvalue weighted by molar-refractivity contribution is 7.15. The fourth-order valence-corrected chi connectivity index (χ4v) is 4.60. The van der Waals surface area contributed by atoms with Gasteiger partial charge in [-0.15, -0.1) is 11.3 Å². The summed E-state index contributed by atoms with van der Waals surface area (Å²) in [5.74, 6) is 1.05. The van der Waals surface area contributed by atoms with Crippen molar-refractivity contribution in [2.24, 2.45) is 5.92 Å². The van der Waals surface area contributed by atoms with Gasteiger partial charge in [-0.2, -0.15) is 10.2 Å². The maximum atomic E-state index is 12.2. The standard InChI is InChI=1S/C22H23N5O2S/c1-14(28)8-18-5-6-19(27-26-18)11-15-9-16(10-15)20-13-24-22(30-20)25-21(29)12-17-4-2-3-7-23-17/h2-7,13,15-16H,8-12H2,1H3,(H,24,25,29). The number of aromatic nitrogens is 4. The Morgan fingerprint density at radius 3 is 2.53 bits per heavy atom. The Morgan fingerprint density at radius 1 is 1.03 bits per heavy atom. The van der Waals surface area contributed by atoms with Gasteiger partial charge in [-0.3, -0.25) is 14.6 Å². The number of thiazole rings is 1. The maximum absolute atomic E-state index is 12.2. The maximum Gasteiger partial charge on any atom is 0.232 e. The van der Waals surface area contributed by atoms with Crippen LogP contribution in [0.1, 0.15) is 47.6 Å². The first-order valence-corrected chi connectivity index (χ1v) is 10.8. The summed E-state index contributed by atoms with van der Waals surface area (Å²) in [6.07, 6.45) is 7.21. The third-order valence-corrected chi connectivity index (χ3v) is 6.25. The molecule has 1 aliphatic carbocycles. The predicted molar refractivity (Wildman–Crippen MR) is 114 cm³/mol. The van der Waals surface area contributed by atoms with Crippen LogP contribution in [0, 0.1) is 5.92 Å². The summed E-state index contributed by atoms with van der Waals surface area (Å²) in [5, 5.41) is 11.9. The van der Waals surface area contributed by atoms with Crippen LogP contribution in [0.5, 0.6) is 0 Å². The summed E-state index contributed by atoms with van der Waals surface area (Å²) in [7, 11) is 0. The highest BCUT2D eigenvalue weighted by atomic mass is 32.1. The van der Waals surface area contributed by atoms with Gasteiger partial charge < -0.3 is 5.32 Å². The fourth-order valence-electron chi connectivity index (χ4n) is 3.64. The van der Waals surface area contributed by atoms with Gasteiger partial charge in [-0.25, -0.2) is 4.98 Å². The molecule has 1 saturated carbocycles. The van der Waals surface area contributed by atoms with Crippen LogP contribution < -0.4 is 5.32 Å². The molecule has 0 saturated heterocycles. The van der Waals surface area contributed by atoms with Crippen molar-refractivity contribution in [1.82, 2.24) is 20.2 Å². The van der Waals surface area contributed by atoms with E-state index in [9.17, 15) is 9.59 Å². The van der Waals surface area contributed by atoms with E-state index >= 15 is 0 Å². The molecular formula is C22H23N5O2S. The second-order valence-corrected chi connectivity index (χ2v) is 8.81. The second kappa shape index (κ2) is 9.21. The normalized spacial score (nSPS) is 17.9. The van der Waals surface area contributed by atoms with Gasteiger partial charge in [0.2, 0.25) is 5.91 Å². The van der Waals surface area contributed by atoms with Crippen LogP contribution in [-0.4, -0.2) is 31.9 Å². The SMILES string of the molecule is CC(=O)Cc1ccc(CC2CC(c3cnc(NC(=O)Cc4ccccn4)s3)C2)nn1. The summed E-state index contributed by atoms with van der Waals surface area (Å²) in [5.41, 5.74) is 2.43. The van der Waals surface area contributed by atoms with Crippen molar-refractivity contribution >= 4 is 28.2 Å². The molecule has 3 heterocycles. The lowest BCUT2D eigenvalue weighted by atomic mass is 9.72. The Kier molecular flexibility index (Phi) is 6.23. The van der Waals surface area contributed by atoms with Crippen molar-refractivity contribution in [3.8, 4) is 0 Å². The topological polar surface area (TPSA) is 97.7 Å². The van der Waals surface area contributed by atoms with E-state index in [0.717, 1.165) is 36.3 Å². The molecule has 1 amide bonds. The summed E-state index contributed by atoms with van der Waals surface area (Å²) in [6, 6.07) is 9.40. The first-order chi connectivity index (χ1) is 14.5. The number of nitrogens with one attached hydrogen (secondary N) is 1. The van der Waals surface area contributed by atoms with Crippen LogP contribution in [0.3, 0.4) is 0 Å². The van der Waals surface area contributed by atoms with Crippen molar-refractivity contribution in [3.63, 3.8) is 0 Å². The van der Waals surface area contributed by atoms with Gasteiger partial charge in [-0.1, -0.05) is 6.07 Å². The third-order valence-electron chi connectivity index (χ3n) is 5.18. The molecule has 0 aromatic carbocycles. The second-order valence-electron chi connectivity index (χ2n) is 7.75. The number of anilines is 1. The molecule has 7 nitrogen and oxygen atoms in total. The zero-order valence-electron chi connectivity index (χ0n) is 16.7. The molecule has 0 bridgehead atoms. The van der Waals surface area contributed by atoms with Crippen molar-refractivity contribution in [1.29, 1.82) is 0 Å². The van der Waals surface area contributed by atoms with Gasteiger partial charge in [0.1, 0.15) is 5.78 Å². The molecule has 8 heteroatoms. The van der Waals surface area contributed by atoms with Crippen LogP contribution in [0.25, 0.3) is 0 Å². The van der Waals surface area contributed by atoms with Gasteiger partial charge in [0.05, 0.1) is 24.2 Å². The zero-order chi connectivity index (χ0) is 20.9. The number of pyridine rings is 1. The molecule has 0 atom stereocenters. The van der Waals surface area contributed by atoms with Gasteiger partial charge in [-0.05, 0) is 62.3 Å². The highest BCUT2D eigenvalue weighted by Gasteiger charge is 2.32. The number of hydrogen-bond acceptors (Lipinski definition) is 7. The van der Waals surface area contributed by atoms with Crippen LogP contribution >= 0.6 is 11.3 Å². The number of Topliss-reactive ketones (excluding diaryl/α,β-unsaturated/α-hetero) is 1. The molecule has 0 aliphatic heterocycles. The monoisotopic (exact) mass is 421 g/mol. The Morgan fingerprint density at radius 2 is 1.83 bits per heavy atom. The number of rotatable bonds is 8. The summed E-state index contributed by atoms with van der Waals surface area (Å²) < 4.78 is 0. The number of carbonyl (C=O) groups excluding carboxylic acids is 2. The molecule has 4 rings (SSSR count). The van der Waals surface area contributed by atoms with E-state index in [1.165, 1.54) is 4.88 Å². The van der Waals surface area contributed by atoms with E-state index in [1.807, 2.05) is 36.5 Å². The Hall–Kier alpha value is -3.00. The molecule has 0 radical (unpaired) electrons. The number of nitrogens with zero attached hydrogens (tertiary/aromatic N) is 4. The fraction of sp³-hybridized carbons (Fsp3) is 0.364. The molecule has 154 valence electrons. The number of carbonyl (C=O) groups is 2. The first kappa shape index (κ1) is 20.3. The molecule has 1 fully saturated rings. The van der Waals surface area contributed by atoms with Gasteiger partial charge in [0.15, 0.2) is 5.13 Å². The van der Waals surface area contributed by atoms with Crippen LogP contribution in [0.2, 0.25) is 0 Å². The van der Waals surface area contributed by atoms with E-state index in [1.54, 1.807) is 24.5 Å². The molecule has 0 unspecified atom stereocenters. The Labute approximate surface area is 179 Å². The van der Waals surface area contributed by atoms with Crippen LogP contribution in [0.15, 0.2) is 42.7 Å². The van der Waals surface area contributed by atoms with E-state index in [4.69, 9.17) is 0 Å². The summed E-state index contributed by atoms with van der Waals surface area (Å²) >= 11 is 1.55. The quantitative estimate of drug-likeness (QED) is 0.599. The minimum Gasteiger partial charge on any atom is -0.302 e. The molecule has 3 aromatic rings. The van der Waals surface area contributed by atoms with E-state index < -0.39 is 0 Å². The van der Waals surface area contributed by atoms with Crippen molar-refractivity contribution in [2.45, 2.75) is 44.9 Å². The smallest absolute Gasteiger partial charge is 0.232 e. The highest BCUT2D eigenvalue weighted by Crippen LogP contribution is 2.45. The Bertz CT molecular complexity index is 1010. The van der Waals surface area contributed by atoms with Crippen LogP contribution in [0.4, 0.5) is 5.13 Å². The molecule has 3 aromatic heterocycles. The average molecular weight is 422 g/mol. The van der Waals surface area contributed by atoms with E-state index in [0.29, 0.717) is 23.4 Å². The molecular weight excluding hydrogens is 398 g/mol. The molecule has 0 spiro atoms. The molecule has 1 aliphatic rings. The van der Waals surface area contributed by atoms with Gasteiger partial charge in [0.25, 0.3) is 0 Å². The minimum absolute atomic E-state index is 0.0933. The lowest BCUT2D eigenvalue weighted by Gasteiger charge is -2.34. The lowest BCUT2D eigenvalue weighted by molar-refractivity contribution is -0.117. The average Bonchev–Trinajstić information content (AvgIpc) is 3.13. The van der Waals surface area contributed by atoms with Crippen molar-refractivity contribution in [2.75, 3.05) is 5.32 Å². The van der Waals surface area contributed by atoms with E-state index in [2.05, 4.69) is 25.5 Å². The van der Waals surface area contributed by atoms with E-state index in [-0.39, 0.29) is 18.1 Å². The Balaban J connectivity index is 1.24. The number of ketones is 1. The minimum atomic E-state index is -0.104. The number of hydrogen-bond donors (Lipinski definition) is 1. The molecule has 1 N–H and O–H groups in total. The third kappa shape index (κ3) is 5.33. The zero-order valence-corrected chi connectivity index (χ0v) is 17.6. The van der Waals surface area contributed by atoms with Gasteiger partial charge >= 0.3 is 0 Å². The summed E-state index contributed by atoms with van der Waals surface area (Å²) in [6.45, 7) is 1.56. The predicted octanol–water partition coefficient (Wildman–Crippen LogP) is 3.38. The number of amides is 1. The van der Waals surface area contributed by atoms with Crippen molar-refractivity contribution in [3.05, 3.63) is 64.7 Å². The summed E-state index contributed by atoms with van der Waals surface area (Å²) in [4.78, 5) is 33.1. The van der Waals surface area contributed by atoms with Crippen molar-refractivity contribution < 1.29 is 9.59 Å². The largest absolute Gasteiger partial charge is 0.302 e. The molecule has 30 heavy (non-hydrogen) atoms. The van der Waals surface area contributed by atoms with Gasteiger partial charge in [0, 0.05) is 23.0 Å². The lowest BCUT2D eigenvalue weighted by Crippen LogP contribution is -2.23. The van der Waals surface area contributed by atoms with Crippen LogP contribution in [-0.2, 0) is 28.9 Å².